The predicted octanol–water partition coefficient (Wildman–Crippen LogP) is 3.75. The van der Waals surface area contributed by atoms with Crippen molar-refractivity contribution in [3.05, 3.63) is 29.8 Å². The number of hydrogen-bond acceptors (Lipinski definition) is 2. The maximum atomic E-state index is 11.5. The van der Waals surface area contributed by atoms with E-state index in [0.717, 1.165) is 11.3 Å². The molecule has 1 aromatic rings. The lowest BCUT2D eigenvalue weighted by atomic mass is 10.1. The molecular formula is C17H28N2O. The highest BCUT2D eigenvalue weighted by Gasteiger charge is 2.08. The van der Waals surface area contributed by atoms with E-state index < -0.39 is 0 Å². The smallest absolute Gasteiger partial charge is 0.224 e. The second-order valence-electron chi connectivity index (χ2n) is 5.40. The van der Waals surface area contributed by atoms with Crippen LogP contribution in [-0.4, -0.2) is 19.0 Å². The van der Waals surface area contributed by atoms with Gasteiger partial charge in [0.05, 0.1) is 6.42 Å². The van der Waals surface area contributed by atoms with Gasteiger partial charge >= 0.3 is 0 Å². The molecular weight excluding hydrogens is 248 g/mol. The van der Waals surface area contributed by atoms with E-state index in [1.54, 1.807) is 7.05 Å². The minimum Gasteiger partial charge on any atom is -0.382 e. The Labute approximate surface area is 123 Å². The molecule has 3 heteroatoms. The van der Waals surface area contributed by atoms with E-state index in [1.165, 1.54) is 32.1 Å². The zero-order chi connectivity index (χ0) is 14.8. The molecule has 1 amide bonds. The first-order chi connectivity index (χ1) is 9.67. The fourth-order valence-electron chi connectivity index (χ4n) is 2.29. The Bertz CT molecular complexity index is 404. The van der Waals surface area contributed by atoms with E-state index in [-0.39, 0.29) is 5.91 Å². The van der Waals surface area contributed by atoms with Gasteiger partial charge in [0.15, 0.2) is 0 Å². The number of likely N-dealkylation sites (N-methyl/N-ethyl adjacent to an activating group) is 1. The van der Waals surface area contributed by atoms with Crippen LogP contribution in [0.2, 0.25) is 0 Å². The molecule has 1 rings (SSSR count). The Morgan fingerprint density at radius 2 is 1.95 bits per heavy atom. The number of carbonyl (C=O) groups is 1. The molecule has 0 aromatic heterocycles. The standard InChI is InChI=1S/C17H28N2O/c1-4-5-6-7-10-14(2)19-16-12-9-8-11-15(16)13-17(20)18-3/h8-9,11-12,14,19H,4-7,10,13H2,1-3H3,(H,18,20). The Balaban J connectivity index is 2.51. The highest BCUT2D eigenvalue weighted by atomic mass is 16.1. The third-order valence-corrected chi connectivity index (χ3v) is 3.54. The van der Waals surface area contributed by atoms with Crippen molar-refractivity contribution in [1.82, 2.24) is 5.32 Å². The zero-order valence-corrected chi connectivity index (χ0v) is 13.0. The molecule has 0 aliphatic carbocycles. The maximum Gasteiger partial charge on any atom is 0.224 e. The van der Waals surface area contributed by atoms with E-state index in [9.17, 15) is 4.79 Å². The zero-order valence-electron chi connectivity index (χ0n) is 13.0. The Kier molecular flexibility index (Phi) is 7.78. The van der Waals surface area contributed by atoms with E-state index in [4.69, 9.17) is 0 Å². The number of rotatable bonds is 9. The van der Waals surface area contributed by atoms with Crippen molar-refractivity contribution < 1.29 is 4.79 Å². The first-order valence-corrected chi connectivity index (χ1v) is 7.72. The van der Waals surface area contributed by atoms with Crippen LogP contribution in [0.25, 0.3) is 0 Å². The highest BCUT2D eigenvalue weighted by Crippen LogP contribution is 2.18. The van der Waals surface area contributed by atoms with Crippen molar-refractivity contribution in [1.29, 1.82) is 0 Å². The number of benzene rings is 1. The van der Waals surface area contributed by atoms with Gasteiger partial charge in [0.25, 0.3) is 0 Å². The number of carbonyl (C=O) groups excluding carboxylic acids is 1. The summed E-state index contributed by atoms with van der Waals surface area (Å²) in [5.74, 6) is 0.0508. The third-order valence-electron chi connectivity index (χ3n) is 3.54. The second kappa shape index (κ2) is 9.40. The van der Waals surface area contributed by atoms with Gasteiger partial charge in [-0.05, 0) is 25.0 Å². The van der Waals surface area contributed by atoms with E-state index in [1.807, 2.05) is 18.2 Å². The van der Waals surface area contributed by atoms with E-state index in [2.05, 4.69) is 30.5 Å². The molecule has 0 heterocycles. The van der Waals surface area contributed by atoms with Crippen LogP contribution in [0.4, 0.5) is 5.69 Å². The molecule has 0 saturated carbocycles. The van der Waals surface area contributed by atoms with Crippen LogP contribution < -0.4 is 10.6 Å². The number of unbranched alkanes of at least 4 members (excludes halogenated alkanes) is 3. The summed E-state index contributed by atoms with van der Waals surface area (Å²) in [5, 5.41) is 6.21. The number of hydrogen-bond donors (Lipinski definition) is 2. The lowest BCUT2D eigenvalue weighted by molar-refractivity contribution is -0.119. The predicted molar refractivity (Wildman–Crippen MR) is 86.1 cm³/mol. The minimum absolute atomic E-state index is 0.0508. The lowest BCUT2D eigenvalue weighted by Gasteiger charge is -2.18. The number of amides is 1. The normalized spacial score (nSPS) is 11.9. The molecule has 0 saturated heterocycles. The molecule has 0 aliphatic heterocycles. The molecule has 3 nitrogen and oxygen atoms in total. The molecule has 0 fully saturated rings. The molecule has 1 aromatic carbocycles. The van der Waals surface area contributed by atoms with Crippen LogP contribution >= 0.6 is 0 Å². The van der Waals surface area contributed by atoms with Crippen molar-refractivity contribution >= 4 is 11.6 Å². The summed E-state index contributed by atoms with van der Waals surface area (Å²) in [6, 6.07) is 8.51. The Morgan fingerprint density at radius 1 is 1.20 bits per heavy atom. The quantitative estimate of drug-likeness (QED) is 0.674. The monoisotopic (exact) mass is 276 g/mol. The Hall–Kier alpha value is -1.51. The summed E-state index contributed by atoms with van der Waals surface area (Å²) >= 11 is 0. The molecule has 2 N–H and O–H groups in total. The largest absolute Gasteiger partial charge is 0.382 e. The summed E-state index contributed by atoms with van der Waals surface area (Å²) in [4.78, 5) is 11.5. The van der Waals surface area contributed by atoms with Gasteiger partial charge in [0.1, 0.15) is 0 Å². The van der Waals surface area contributed by atoms with Crippen molar-refractivity contribution in [2.75, 3.05) is 12.4 Å². The van der Waals surface area contributed by atoms with Gasteiger partial charge in [-0.1, -0.05) is 50.8 Å². The van der Waals surface area contributed by atoms with Gasteiger partial charge < -0.3 is 10.6 Å². The van der Waals surface area contributed by atoms with Crippen molar-refractivity contribution in [2.45, 2.75) is 58.4 Å². The lowest BCUT2D eigenvalue weighted by Crippen LogP contribution is -2.22. The number of para-hydroxylation sites is 1. The fourth-order valence-corrected chi connectivity index (χ4v) is 2.29. The molecule has 0 spiro atoms. The van der Waals surface area contributed by atoms with E-state index >= 15 is 0 Å². The van der Waals surface area contributed by atoms with Gasteiger partial charge in [-0.25, -0.2) is 0 Å². The van der Waals surface area contributed by atoms with Gasteiger partial charge in [-0.3, -0.25) is 4.79 Å². The average molecular weight is 276 g/mol. The average Bonchev–Trinajstić information content (AvgIpc) is 2.45. The molecule has 0 bridgehead atoms. The van der Waals surface area contributed by atoms with Crippen molar-refractivity contribution in [3.8, 4) is 0 Å². The molecule has 20 heavy (non-hydrogen) atoms. The van der Waals surface area contributed by atoms with Crippen LogP contribution in [0.15, 0.2) is 24.3 Å². The summed E-state index contributed by atoms with van der Waals surface area (Å²) in [7, 11) is 1.68. The molecule has 0 radical (unpaired) electrons. The van der Waals surface area contributed by atoms with Crippen LogP contribution in [-0.2, 0) is 11.2 Å². The number of nitrogens with one attached hydrogen (secondary N) is 2. The van der Waals surface area contributed by atoms with Crippen molar-refractivity contribution in [3.63, 3.8) is 0 Å². The summed E-state index contributed by atoms with van der Waals surface area (Å²) in [5.41, 5.74) is 2.14. The molecule has 0 aliphatic rings. The van der Waals surface area contributed by atoms with Gasteiger partial charge in [-0.15, -0.1) is 0 Å². The third kappa shape index (κ3) is 6.09. The van der Waals surface area contributed by atoms with Crippen molar-refractivity contribution in [2.24, 2.45) is 0 Å². The maximum absolute atomic E-state index is 11.5. The first kappa shape index (κ1) is 16.5. The van der Waals surface area contributed by atoms with Gasteiger partial charge in [0, 0.05) is 18.8 Å². The Morgan fingerprint density at radius 3 is 2.65 bits per heavy atom. The fraction of sp³-hybridized carbons (Fsp3) is 0.588. The topological polar surface area (TPSA) is 41.1 Å². The first-order valence-electron chi connectivity index (χ1n) is 7.72. The minimum atomic E-state index is 0.0508. The SMILES string of the molecule is CCCCCCC(C)Nc1ccccc1CC(=O)NC. The molecule has 112 valence electrons. The number of anilines is 1. The van der Waals surface area contributed by atoms with E-state index in [0.29, 0.717) is 12.5 Å². The summed E-state index contributed by atoms with van der Waals surface area (Å²) in [6.07, 6.45) is 6.77. The summed E-state index contributed by atoms with van der Waals surface area (Å²) in [6.45, 7) is 4.44. The summed E-state index contributed by atoms with van der Waals surface area (Å²) < 4.78 is 0. The van der Waals surface area contributed by atoms with Crippen LogP contribution in [0.5, 0.6) is 0 Å². The van der Waals surface area contributed by atoms with Crippen LogP contribution in [0.1, 0.15) is 51.5 Å². The molecule has 1 atom stereocenters. The van der Waals surface area contributed by atoms with Gasteiger partial charge in [0.2, 0.25) is 5.91 Å². The van der Waals surface area contributed by atoms with Gasteiger partial charge in [-0.2, -0.15) is 0 Å². The highest BCUT2D eigenvalue weighted by molar-refractivity contribution is 5.80. The molecule has 1 unspecified atom stereocenters. The van der Waals surface area contributed by atoms with Crippen LogP contribution in [0, 0.1) is 0 Å². The second-order valence-corrected chi connectivity index (χ2v) is 5.40. The van der Waals surface area contributed by atoms with Crippen LogP contribution in [0.3, 0.4) is 0 Å².